The molecule has 2 unspecified atom stereocenters. The third-order valence-electron chi connectivity index (χ3n) is 6.00. The minimum atomic E-state index is -0.176. The van der Waals surface area contributed by atoms with Gasteiger partial charge < -0.3 is 15.0 Å². The smallest absolute Gasteiger partial charge is 0.154 e. The number of fused-ring (bicyclic) bond motifs is 1. The van der Waals surface area contributed by atoms with Crippen molar-refractivity contribution in [2.45, 2.75) is 32.1 Å². The van der Waals surface area contributed by atoms with E-state index in [1.165, 1.54) is 4.91 Å². The van der Waals surface area contributed by atoms with Crippen LogP contribution in [0.5, 0.6) is 0 Å². The molecule has 2 atom stereocenters. The van der Waals surface area contributed by atoms with Gasteiger partial charge in [0.05, 0.1) is 5.69 Å². The number of benzene rings is 1. The monoisotopic (exact) mass is 482 g/mol. The van der Waals surface area contributed by atoms with Crippen LogP contribution in [-0.2, 0) is 4.74 Å². The Hall–Kier alpha value is -2.31. The maximum Gasteiger partial charge on any atom is 0.154 e. The highest BCUT2D eigenvalue weighted by Crippen LogP contribution is 2.38. The zero-order valence-electron chi connectivity index (χ0n) is 19.6. The predicted molar refractivity (Wildman–Crippen MR) is 143 cm³/mol. The van der Waals surface area contributed by atoms with Gasteiger partial charge in [-0.05, 0) is 50.6 Å². The Morgan fingerprint density at radius 3 is 2.85 bits per heavy atom. The number of nitrogens with zero attached hydrogens (tertiary/aromatic N) is 1. The zero-order valence-corrected chi connectivity index (χ0v) is 21.2. The minimum absolute atomic E-state index is 0.112. The van der Waals surface area contributed by atoms with Crippen molar-refractivity contribution in [3.63, 3.8) is 0 Å². The fourth-order valence-corrected chi connectivity index (χ4v) is 5.72. The first-order valence-electron chi connectivity index (χ1n) is 11.3. The van der Waals surface area contributed by atoms with Gasteiger partial charge in [-0.2, -0.15) is 11.8 Å². The van der Waals surface area contributed by atoms with E-state index >= 15 is 4.39 Å². The summed E-state index contributed by atoms with van der Waals surface area (Å²) in [5, 5.41) is 3.84. The van der Waals surface area contributed by atoms with Crippen LogP contribution < -0.4 is 10.2 Å². The van der Waals surface area contributed by atoms with Crippen molar-refractivity contribution >= 4 is 34.8 Å². The Balaban J connectivity index is 1.64. The summed E-state index contributed by atoms with van der Waals surface area (Å²) in [6.45, 7) is 7.96. The lowest BCUT2D eigenvalue weighted by molar-refractivity contribution is 0.323. The highest BCUT2D eigenvalue weighted by Gasteiger charge is 2.31. The van der Waals surface area contributed by atoms with Gasteiger partial charge in [0, 0.05) is 45.7 Å². The van der Waals surface area contributed by atoms with E-state index in [1.54, 1.807) is 11.8 Å². The molecule has 3 aliphatic rings. The number of hydrogen-bond acceptors (Lipinski definition) is 5. The van der Waals surface area contributed by atoms with Gasteiger partial charge >= 0.3 is 0 Å². The summed E-state index contributed by atoms with van der Waals surface area (Å²) in [6, 6.07) is 5.58. The van der Waals surface area contributed by atoms with Crippen LogP contribution in [-0.4, -0.2) is 36.4 Å². The van der Waals surface area contributed by atoms with Gasteiger partial charge in [0.25, 0.3) is 0 Å². The number of allylic oxidation sites excluding steroid dienone is 6. The number of dihydropyridines is 1. The van der Waals surface area contributed by atoms with Gasteiger partial charge in [0.1, 0.15) is 17.6 Å². The van der Waals surface area contributed by atoms with E-state index in [0.717, 1.165) is 41.5 Å². The summed E-state index contributed by atoms with van der Waals surface area (Å²) in [7, 11) is 0. The van der Waals surface area contributed by atoms with Crippen LogP contribution in [0.2, 0.25) is 0 Å². The van der Waals surface area contributed by atoms with Gasteiger partial charge in [0.2, 0.25) is 0 Å². The van der Waals surface area contributed by atoms with Crippen molar-refractivity contribution in [2.24, 2.45) is 0 Å². The van der Waals surface area contributed by atoms with Crippen molar-refractivity contribution in [3.05, 3.63) is 94.2 Å². The number of nitrogens with one attached hydrogen (secondary N) is 1. The maximum atomic E-state index is 15.8. The van der Waals surface area contributed by atoms with Crippen LogP contribution in [0.15, 0.2) is 82.9 Å². The van der Waals surface area contributed by atoms with Crippen molar-refractivity contribution in [1.82, 2.24) is 5.32 Å². The molecule has 33 heavy (non-hydrogen) atoms. The number of ether oxygens (including phenoxy) is 1. The summed E-state index contributed by atoms with van der Waals surface area (Å²) in [6.07, 6.45) is 16.2. The molecule has 3 nitrogen and oxygen atoms in total. The standard InChI is InChI=1S/C27H31FN2OS2/c1-5-19(10-11-20(6-2)32-4)25-16-23-27(31-25)22(12-13-29-23)21-8-7-9-24(26(21)28)30-14-15-33-18(3)17-30/h5-13,16,18,23,29H,14-15,17H2,1-4H3/b11-10-,19-5+,20-6+. The average Bonchev–Trinajstić information content (AvgIpc) is 3.26. The van der Waals surface area contributed by atoms with Crippen LogP contribution in [0.3, 0.4) is 0 Å². The van der Waals surface area contributed by atoms with E-state index in [4.69, 9.17) is 4.74 Å². The van der Waals surface area contributed by atoms with E-state index in [-0.39, 0.29) is 11.9 Å². The normalized spacial score (nSPS) is 23.5. The average molecular weight is 483 g/mol. The van der Waals surface area contributed by atoms with Crippen LogP contribution in [0, 0.1) is 5.82 Å². The molecule has 3 aliphatic heterocycles. The molecule has 1 aromatic rings. The Morgan fingerprint density at radius 2 is 2.12 bits per heavy atom. The molecule has 1 N–H and O–H groups in total. The highest BCUT2D eigenvalue weighted by molar-refractivity contribution is 8.02. The lowest BCUT2D eigenvalue weighted by Crippen LogP contribution is -2.37. The Kier molecular flexibility index (Phi) is 7.76. The first-order chi connectivity index (χ1) is 16.0. The van der Waals surface area contributed by atoms with Crippen molar-refractivity contribution < 1.29 is 9.13 Å². The molecule has 6 heteroatoms. The lowest BCUT2D eigenvalue weighted by atomic mass is 9.98. The van der Waals surface area contributed by atoms with E-state index < -0.39 is 0 Å². The fourth-order valence-electron chi connectivity index (χ4n) is 4.27. The molecule has 174 valence electrons. The molecule has 1 saturated heterocycles. The van der Waals surface area contributed by atoms with Gasteiger partial charge in [-0.15, -0.1) is 11.8 Å². The summed E-state index contributed by atoms with van der Waals surface area (Å²) in [5.41, 5.74) is 3.05. The third kappa shape index (κ3) is 5.12. The summed E-state index contributed by atoms with van der Waals surface area (Å²) < 4.78 is 22.1. The first-order valence-corrected chi connectivity index (χ1v) is 13.6. The van der Waals surface area contributed by atoms with Crippen LogP contribution >= 0.6 is 23.5 Å². The molecule has 1 fully saturated rings. The number of rotatable bonds is 6. The molecule has 0 spiro atoms. The lowest BCUT2D eigenvalue weighted by Gasteiger charge is -2.33. The predicted octanol–water partition coefficient (Wildman–Crippen LogP) is 6.65. The molecule has 0 aliphatic carbocycles. The van der Waals surface area contributed by atoms with Gasteiger partial charge in [0.15, 0.2) is 5.82 Å². The topological polar surface area (TPSA) is 24.5 Å². The van der Waals surface area contributed by atoms with E-state index in [1.807, 2.05) is 62.2 Å². The summed E-state index contributed by atoms with van der Waals surface area (Å²) in [5.74, 6) is 2.38. The van der Waals surface area contributed by atoms with Crippen LogP contribution in [0.1, 0.15) is 26.3 Å². The molecule has 0 radical (unpaired) electrons. The Morgan fingerprint density at radius 1 is 1.27 bits per heavy atom. The maximum absolute atomic E-state index is 15.8. The van der Waals surface area contributed by atoms with Gasteiger partial charge in [-0.3, -0.25) is 0 Å². The molecule has 3 heterocycles. The first kappa shape index (κ1) is 23.8. The van der Waals surface area contributed by atoms with Gasteiger partial charge in [-0.25, -0.2) is 4.39 Å². The van der Waals surface area contributed by atoms with Crippen LogP contribution in [0.25, 0.3) is 5.57 Å². The summed E-state index contributed by atoms with van der Waals surface area (Å²) >= 11 is 3.65. The second-order valence-corrected chi connectivity index (χ2v) is 10.6. The fraction of sp³-hybridized carbons (Fsp3) is 0.333. The number of hydrogen-bond donors (Lipinski definition) is 1. The van der Waals surface area contributed by atoms with E-state index in [9.17, 15) is 0 Å². The molecule has 1 aromatic carbocycles. The zero-order chi connectivity index (χ0) is 23.4. The third-order valence-corrected chi connectivity index (χ3v) is 7.98. The quantitative estimate of drug-likeness (QED) is 0.458. The largest absolute Gasteiger partial charge is 0.458 e. The second kappa shape index (κ2) is 10.7. The van der Waals surface area contributed by atoms with Crippen molar-refractivity contribution in [2.75, 3.05) is 30.0 Å². The molecule has 0 amide bonds. The molecule has 0 bridgehead atoms. The van der Waals surface area contributed by atoms with Crippen LogP contribution in [0.4, 0.5) is 10.1 Å². The van der Waals surface area contributed by atoms with Crippen molar-refractivity contribution in [1.29, 1.82) is 0 Å². The highest BCUT2D eigenvalue weighted by atomic mass is 32.2. The minimum Gasteiger partial charge on any atom is -0.458 e. The van der Waals surface area contributed by atoms with Crippen molar-refractivity contribution in [3.8, 4) is 0 Å². The SMILES string of the molecule is C\C=C(/C=C\C(=C/C)C1=CC2NC=CC(c3cccc(N4CCSC(C)C4)c3F)=C2O1)SC. The number of anilines is 1. The molecule has 0 aromatic heterocycles. The number of halogens is 1. The molecular weight excluding hydrogens is 451 g/mol. The number of thioether (sulfide) groups is 2. The van der Waals surface area contributed by atoms with E-state index in [2.05, 4.69) is 47.7 Å². The van der Waals surface area contributed by atoms with Gasteiger partial charge in [-0.1, -0.05) is 37.3 Å². The van der Waals surface area contributed by atoms with E-state index in [0.29, 0.717) is 16.5 Å². The Bertz CT molecular complexity index is 1080. The molecule has 4 rings (SSSR count). The second-order valence-electron chi connectivity index (χ2n) is 8.13. The summed E-state index contributed by atoms with van der Waals surface area (Å²) in [4.78, 5) is 3.36. The molecule has 0 saturated carbocycles. The molecular formula is C27H31FN2OS2. The Labute approximate surface area is 205 Å².